The van der Waals surface area contributed by atoms with Crippen LogP contribution in [0, 0.1) is 0 Å². The summed E-state index contributed by atoms with van der Waals surface area (Å²) in [5, 5.41) is 5.29. The summed E-state index contributed by atoms with van der Waals surface area (Å²) in [5.74, 6) is 1.00. The van der Waals surface area contributed by atoms with Gasteiger partial charge in [-0.1, -0.05) is 82.7 Å². The van der Waals surface area contributed by atoms with E-state index < -0.39 is 8.53 Å². The Hall–Kier alpha value is -1.93. The lowest BCUT2D eigenvalue weighted by atomic mass is 9.88. The van der Waals surface area contributed by atoms with Crippen LogP contribution in [-0.4, -0.2) is 23.9 Å². The first-order chi connectivity index (χ1) is 16.4. The van der Waals surface area contributed by atoms with Crippen molar-refractivity contribution in [1.82, 2.24) is 4.67 Å². The van der Waals surface area contributed by atoms with Gasteiger partial charge in [0, 0.05) is 24.2 Å². The second-order valence-electron chi connectivity index (χ2n) is 8.31. The highest BCUT2D eigenvalue weighted by molar-refractivity contribution is 7.45. The quantitative estimate of drug-likeness (QED) is 0.558. The number of benzene rings is 2. The maximum atomic E-state index is 6.76. The topological polar surface area (TPSA) is 21.7 Å². The van der Waals surface area contributed by atoms with E-state index in [0.29, 0.717) is 0 Å². The fourth-order valence-corrected chi connectivity index (χ4v) is 6.68. The van der Waals surface area contributed by atoms with Crippen molar-refractivity contribution in [1.29, 1.82) is 0 Å². The first kappa shape index (κ1) is 24.2. The molecule has 2 aromatic carbocycles. The van der Waals surface area contributed by atoms with Crippen molar-refractivity contribution in [3.05, 3.63) is 62.8 Å². The molecule has 33 heavy (non-hydrogen) atoms. The summed E-state index contributed by atoms with van der Waals surface area (Å²) < 4.78 is 15.9. The molecular formula is C29H38NO2P. The van der Waals surface area contributed by atoms with Crippen LogP contribution in [0.25, 0.3) is 23.8 Å². The number of nitrogens with zero attached hydrogens (tertiary/aromatic N) is 1. The number of hydrogen-bond donors (Lipinski definition) is 0. The maximum absolute atomic E-state index is 6.76. The average Bonchev–Trinajstić information content (AvgIpc) is 3.09. The molecule has 2 atom stereocenters. The van der Waals surface area contributed by atoms with Crippen LogP contribution in [0.5, 0.6) is 5.75 Å². The van der Waals surface area contributed by atoms with E-state index in [1.54, 1.807) is 0 Å². The monoisotopic (exact) mass is 463 g/mol. The predicted molar refractivity (Wildman–Crippen MR) is 142 cm³/mol. The van der Waals surface area contributed by atoms with E-state index in [4.69, 9.17) is 9.05 Å². The lowest BCUT2D eigenvalue weighted by Gasteiger charge is -2.32. The molecule has 0 aromatic heterocycles. The third kappa shape index (κ3) is 4.83. The zero-order chi connectivity index (χ0) is 23.2. The molecular weight excluding hydrogens is 425 g/mol. The van der Waals surface area contributed by atoms with Crippen molar-refractivity contribution in [3.8, 4) is 5.75 Å². The van der Waals surface area contributed by atoms with Gasteiger partial charge in [0.2, 0.25) is 0 Å². The second-order valence-corrected chi connectivity index (χ2v) is 9.74. The van der Waals surface area contributed by atoms with Crippen LogP contribution >= 0.6 is 8.53 Å². The standard InChI is InChI=1S/C25H26NO2P.2C2H6/c1-6-16-26(17-7-1)29-27-22-14-12-18-8-2-4-10-20(18)24(22)25-21-11-5-3-9-19(21)13-15-23(25)28-29;2*1-2/h2,4,8-13,15,22H,1,3,5-7,14,16-17H2;2*1-2H3/t22-,29?;;/m1../s1. The molecule has 0 spiro atoms. The molecule has 4 aliphatic rings. The minimum atomic E-state index is -1.08. The van der Waals surface area contributed by atoms with Crippen LogP contribution in [0.15, 0.2) is 36.4 Å². The van der Waals surface area contributed by atoms with Crippen LogP contribution < -0.4 is 25.4 Å². The maximum Gasteiger partial charge on any atom is 0.321 e. The minimum Gasteiger partial charge on any atom is -0.435 e. The number of rotatable bonds is 1. The van der Waals surface area contributed by atoms with Crippen LogP contribution in [0.3, 0.4) is 0 Å². The van der Waals surface area contributed by atoms with E-state index in [-0.39, 0.29) is 6.10 Å². The highest BCUT2D eigenvalue weighted by Gasteiger charge is 2.36. The Morgan fingerprint density at radius 2 is 1.58 bits per heavy atom. The molecule has 0 saturated carbocycles. The summed E-state index contributed by atoms with van der Waals surface area (Å²) >= 11 is 0. The van der Waals surface area contributed by atoms with Gasteiger partial charge in [-0.3, -0.25) is 0 Å². The molecule has 0 radical (unpaired) electrons. The van der Waals surface area contributed by atoms with Gasteiger partial charge in [0.05, 0.1) is 6.10 Å². The normalized spacial score (nSPS) is 22.8. The SMILES string of the molecule is C1=c2ccccc2=C2c3c(ccc4c3=CCCC=4)OP(N3CCCCC3)O[C@@H]2C1.CC.CC. The van der Waals surface area contributed by atoms with Gasteiger partial charge in [-0.2, -0.15) is 0 Å². The number of fused-ring (bicyclic) bond motifs is 6. The molecule has 2 aliphatic heterocycles. The minimum absolute atomic E-state index is 0.0565. The Balaban J connectivity index is 0.000000617. The van der Waals surface area contributed by atoms with Crippen molar-refractivity contribution < 1.29 is 9.05 Å². The van der Waals surface area contributed by atoms with Crippen LogP contribution in [0.2, 0.25) is 0 Å². The van der Waals surface area contributed by atoms with Gasteiger partial charge in [0.1, 0.15) is 5.75 Å². The molecule has 2 heterocycles. The predicted octanol–water partition coefficient (Wildman–Crippen LogP) is 4.97. The van der Waals surface area contributed by atoms with Crippen LogP contribution in [0.1, 0.15) is 71.8 Å². The van der Waals surface area contributed by atoms with E-state index in [0.717, 1.165) is 38.1 Å². The van der Waals surface area contributed by atoms with Crippen LogP contribution in [-0.2, 0) is 4.52 Å². The number of piperidine rings is 1. The summed E-state index contributed by atoms with van der Waals surface area (Å²) in [7, 11) is -1.08. The van der Waals surface area contributed by atoms with Gasteiger partial charge in [-0.25, -0.2) is 4.67 Å². The summed E-state index contributed by atoms with van der Waals surface area (Å²) in [4.78, 5) is 0. The molecule has 176 valence electrons. The largest absolute Gasteiger partial charge is 0.435 e. The molecule has 6 rings (SSSR count). The van der Waals surface area contributed by atoms with Gasteiger partial charge in [0.25, 0.3) is 0 Å². The first-order valence-corrected chi connectivity index (χ1v) is 14.0. The molecule has 0 bridgehead atoms. The summed E-state index contributed by atoms with van der Waals surface area (Å²) in [6.07, 6.45) is 14.1. The molecule has 1 fully saturated rings. The van der Waals surface area contributed by atoms with E-state index in [1.165, 1.54) is 51.3 Å². The Bertz CT molecular complexity index is 1200. The summed E-state index contributed by atoms with van der Waals surface area (Å²) in [6, 6.07) is 13.2. The van der Waals surface area contributed by atoms with Crippen LogP contribution in [0.4, 0.5) is 0 Å². The fourth-order valence-electron chi connectivity index (χ4n) is 5.05. The molecule has 1 unspecified atom stereocenters. The van der Waals surface area contributed by atoms with E-state index in [1.807, 2.05) is 27.7 Å². The lowest BCUT2D eigenvalue weighted by molar-refractivity contribution is 0.217. The van der Waals surface area contributed by atoms with Crippen molar-refractivity contribution in [2.45, 2.75) is 72.3 Å². The Kier molecular flexibility index (Phi) is 8.41. The van der Waals surface area contributed by atoms with Crippen molar-refractivity contribution in [3.63, 3.8) is 0 Å². The summed E-state index contributed by atoms with van der Waals surface area (Å²) in [5.41, 5.74) is 2.59. The first-order valence-electron chi connectivity index (χ1n) is 12.9. The third-order valence-electron chi connectivity index (χ3n) is 6.47. The third-order valence-corrected chi connectivity index (χ3v) is 8.12. The Labute approximate surface area is 200 Å². The van der Waals surface area contributed by atoms with Gasteiger partial charge < -0.3 is 9.05 Å². The smallest absolute Gasteiger partial charge is 0.321 e. The number of hydrogen-bond acceptors (Lipinski definition) is 3. The molecule has 0 N–H and O–H groups in total. The van der Waals surface area contributed by atoms with Gasteiger partial charge >= 0.3 is 8.53 Å². The van der Waals surface area contributed by atoms with Gasteiger partial charge in [-0.05, 0) is 59.0 Å². The molecule has 2 aromatic rings. The van der Waals surface area contributed by atoms with Crippen molar-refractivity contribution in [2.75, 3.05) is 13.1 Å². The van der Waals surface area contributed by atoms with E-state index >= 15 is 0 Å². The second kappa shape index (κ2) is 11.5. The van der Waals surface area contributed by atoms with E-state index in [9.17, 15) is 0 Å². The average molecular weight is 464 g/mol. The zero-order valence-corrected chi connectivity index (χ0v) is 21.5. The molecule has 4 heteroatoms. The zero-order valence-electron chi connectivity index (χ0n) is 20.6. The highest BCUT2D eigenvalue weighted by Crippen LogP contribution is 2.51. The van der Waals surface area contributed by atoms with Crippen molar-refractivity contribution in [2.24, 2.45) is 0 Å². The van der Waals surface area contributed by atoms with Gasteiger partial charge in [0.15, 0.2) is 0 Å². The lowest BCUT2D eigenvalue weighted by Crippen LogP contribution is -2.39. The molecule has 2 aliphatic carbocycles. The van der Waals surface area contributed by atoms with Crippen molar-refractivity contribution >= 4 is 32.3 Å². The van der Waals surface area contributed by atoms with E-state index in [2.05, 4.69) is 59.3 Å². The Morgan fingerprint density at radius 1 is 0.818 bits per heavy atom. The Morgan fingerprint density at radius 3 is 2.39 bits per heavy atom. The molecule has 1 saturated heterocycles. The fraction of sp³-hybridized carbons (Fsp3) is 0.448. The molecule has 3 nitrogen and oxygen atoms in total. The van der Waals surface area contributed by atoms with Gasteiger partial charge in [-0.15, -0.1) is 0 Å². The summed E-state index contributed by atoms with van der Waals surface area (Å²) in [6.45, 7) is 10.2. The molecule has 0 amide bonds. The highest BCUT2D eigenvalue weighted by atomic mass is 31.2.